The zero-order valence-electron chi connectivity index (χ0n) is 9.35. The molecule has 2 rings (SSSR count). The Balaban J connectivity index is 2.21. The first kappa shape index (κ1) is 12.1. The lowest BCUT2D eigenvalue weighted by molar-refractivity contribution is -0.137. The molecule has 0 atom stereocenters. The molecule has 0 radical (unpaired) electrons. The molecule has 0 saturated heterocycles. The molecule has 1 aliphatic rings. The van der Waals surface area contributed by atoms with Gasteiger partial charge in [0.15, 0.2) is 9.84 Å². The second-order valence-electron chi connectivity index (χ2n) is 4.21. The van der Waals surface area contributed by atoms with Crippen molar-refractivity contribution in [2.24, 2.45) is 0 Å². The van der Waals surface area contributed by atoms with E-state index in [1.807, 2.05) is 6.07 Å². The van der Waals surface area contributed by atoms with Gasteiger partial charge in [-0.15, -0.1) is 0 Å². The van der Waals surface area contributed by atoms with Crippen molar-refractivity contribution >= 4 is 15.8 Å². The minimum atomic E-state index is -3.09. The van der Waals surface area contributed by atoms with Crippen molar-refractivity contribution in [1.82, 2.24) is 0 Å². The molecule has 0 saturated carbocycles. The highest BCUT2D eigenvalue weighted by molar-refractivity contribution is 7.91. The van der Waals surface area contributed by atoms with Crippen LogP contribution < -0.4 is 0 Å². The van der Waals surface area contributed by atoms with Crippen LogP contribution in [0.2, 0.25) is 0 Å². The lowest BCUT2D eigenvalue weighted by Crippen LogP contribution is -1.99. The van der Waals surface area contributed by atoms with Gasteiger partial charge in [0.05, 0.1) is 10.6 Å². The number of carboxylic acid groups (broad SMARTS) is 1. The standard InChI is InChI=1S/C12H14O4S/c13-12(14)6-2-4-9-3-1-5-11-10(9)7-8-17(11,15)16/h1,3,5H,2,4,6-8H2,(H,13,14). The quantitative estimate of drug-likeness (QED) is 0.882. The van der Waals surface area contributed by atoms with Crippen molar-refractivity contribution in [2.45, 2.75) is 30.6 Å². The summed E-state index contributed by atoms with van der Waals surface area (Å²) in [7, 11) is -3.09. The lowest BCUT2D eigenvalue weighted by Gasteiger charge is -2.06. The van der Waals surface area contributed by atoms with Crippen LogP contribution in [0.15, 0.2) is 23.1 Å². The van der Waals surface area contributed by atoms with Gasteiger partial charge in [0.25, 0.3) is 0 Å². The predicted molar refractivity (Wildman–Crippen MR) is 62.8 cm³/mol. The van der Waals surface area contributed by atoms with Gasteiger partial charge >= 0.3 is 5.97 Å². The fraction of sp³-hybridized carbons (Fsp3) is 0.417. The maximum atomic E-state index is 11.7. The van der Waals surface area contributed by atoms with E-state index in [0.717, 1.165) is 11.1 Å². The third kappa shape index (κ3) is 2.49. The average Bonchev–Trinajstić information content (AvgIpc) is 2.56. The van der Waals surface area contributed by atoms with Crippen molar-refractivity contribution in [1.29, 1.82) is 0 Å². The topological polar surface area (TPSA) is 71.4 Å². The van der Waals surface area contributed by atoms with E-state index in [-0.39, 0.29) is 12.2 Å². The Morgan fingerprint density at radius 2 is 2.12 bits per heavy atom. The number of aliphatic carboxylic acids is 1. The van der Waals surface area contributed by atoms with E-state index in [9.17, 15) is 13.2 Å². The van der Waals surface area contributed by atoms with Crippen molar-refractivity contribution < 1.29 is 18.3 Å². The van der Waals surface area contributed by atoms with Gasteiger partial charge in [0, 0.05) is 6.42 Å². The van der Waals surface area contributed by atoms with Gasteiger partial charge in [-0.25, -0.2) is 8.42 Å². The van der Waals surface area contributed by atoms with Crippen LogP contribution in [0.5, 0.6) is 0 Å². The van der Waals surface area contributed by atoms with Crippen LogP contribution >= 0.6 is 0 Å². The number of fused-ring (bicyclic) bond motifs is 1. The molecule has 1 aromatic rings. The highest BCUT2D eigenvalue weighted by Gasteiger charge is 2.27. The summed E-state index contributed by atoms with van der Waals surface area (Å²) in [5, 5.41) is 8.57. The molecule has 0 aromatic heterocycles. The number of hydrogen-bond acceptors (Lipinski definition) is 3. The molecule has 0 fully saturated rings. The Bertz CT molecular complexity index is 546. The molecule has 1 heterocycles. The Morgan fingerprint density at radius 1 is 1.35 bits per heavy atom. The predicted octanol–water partition coefficient (Wildman–Crippen LogP) is 1.42. The van der Waals surface area contributed by atoms with Crippen LogP contribution in [-0.2, 0) is 27.5 Å². The van der Waals surface area contributed by atoms with Gasteiger partial charge < -0.3 is 5.11 Å². The second kappa shape index (κ2) is 4.49. The maximum absolute atomic E-state index is 11.7. The molecule has 1 aliphatic heterocycles. The molecule has 0 aliphatic carbocycles. The molecule has 0 spiro atoms. The molecule has 0 unspecified atom stereocenters. The van der Waals surface area contributed by atoms with E-state index in [1.54, 1.807) is 12.1 Å². The van der Waals surface area contributed by atoms with E-state index >= 15 is 0 Å². The number of benzene rings is 1. The van der Waals surface area contributed by atoms with Gasteiger partial charge in [0.1, 0.15) is 0 Å². The third-order valence-corrected chi connectivity index (χ3v) is 4.82. The molecule has 0 amide bonds. The van der Waals surface area contributed by atoms with E-state index < -0.39 is 15.8 Å². The monoisotopic (exact) mass is 254 g/mol. The summed E-state index contributed by atoms with van der Waals surface area (Å²) in [5.74, 6) is -0.636. The number of hydrogen-bond donors (Lipinski definition) is 1. The van der Waals surface area contributed by atoms with Gasteiger partial charge in [0.2, 0.25) is 0 Å². The summed E-state index contributed by atoms with van der Waals surface area (Å²) in [6.45, 7) is 0. The average molecular weight is 254 g/mol. The number of rotatable bonds is 4. The molecule has 1 aromatic carbocycles. The highest BCUT2D eigenvalue weighted by Crippen LogP contribution is 2.29. The van der Waals surface area contributed by atoms with Gasteiger partial charge in [-0.3, -0.25) is 4.79 Å². The summed E-state index contributed by atoms with van der Waals surface area (Å²) < 4.78 is 23.4. The summed E-state index contributed by atoms with van der Waals surface area (Å²) in [6.07, 6.45) is 1.86. The summed E-state index contributed by atoms with van der Waals surface area (Å²) in [4.78, 5) is 10.9. The van der Waals surface area contributed by atoms with Crippen molar-refractivity contribution in [3.8, 4) is 0 Å². The first-order valence-corrected chi connectivity index (χ1v) is 7.21. The summed E-state index contributed by atoms with van der Waals surface area (Å²) >= 11 is 0. The Hall–Kier alpha value is -1.36. The van der Waals surface area contributed by atoms with Crippen molar-refractivity contribution in [3.63, 3.8) is 0 Å². The van der Waals surface area contributed by atoms with E-state index in [2.05, 4.69) is 0 Å². The zero-order chi connectivity index (χ0) is 12.5. The van der Waals surface area contributed by atoms with E-state index in [4.69, 9.17) is 5.11 Å². The normalized spacial score (nSPS) is 16.7. The largest absolute Gasteiger partial charge is 0.481 e. The van der Waals surface area contributed by atoms with Crippen LogP contribution in [-0.4, -0.2) is 25.2 Å². The van der Waals surface area contributed by atoms with Crippen LogP contribution in [0.25, 0.3) is 0 Å². The molecular formula is C12H14O4S. The van der Waals surface area contributed by atoms with Crippen LogP contribution in [0.1, 0.15) is 24.0 Å². The van der Waals surface area contributed by atoms with Gasteiger partial charge in [-0.1, -0.05) is 12.1 Å². The molecule has 5 heteroatoms. The van der Waals surface area contributed by atoms with E-state index in [1.165, 1.54) is 0 Å². The smallest absolute Gasteiger partial charge is 0.303 e. The SMILES string of the molecule is O=C(O)CCCc1cccc2c1CCS2(=O)=O. The fourth-order valence-electron chi connectivity index (χ4n) is 2.20. The molecular weight excluding hydrogens is 240 g/mol. The maximum Gasteiger partial charge on any atom is 0.303 e. The number of aryl methyl sites for hydroxylation is 1. The number of carbonyl (C=O) groups is 1. The zero-order valence-corrected chi connectivity index (χ0v) is 10.2. The first-order valence-electron chi connectivity index (χ1n) is 5.56. The minimum Gasteiger partial charge on any atom is -0.481 e. The summed E-state index contributed by atoms with van der Waals surface area (Å²) in [5.41, 5.74) is 1.86. The number of sulfone groups is 1. The molecule has 17 heavy (non-hydrogen) atoms. The molecule has 4 nitrogen and oxygen atoms in total. The van der Waals surface area contributed by atoms with E-state index in [0.29, 0.717) is 24.2 Å². The van der Waals surface area contributed by atoms with Crippen molar-refractivity contribution in [3.05, 3.63) is 29.3 Å². The van der Waals surface area contributed by atoms with Crippen LogP contribution in [0.3, 0.4) is 0 Å². The molecule has 0 bridgehead atoms. The van der Waals surface area contributed by atoms with Gasteiger partial charge in [-0.2, -0.15) is 0 Å². The van der Waals surface area contributed by atoms with Crippen molar-refractivity contribution in [2.75, 3.05) is 5.75 Å². The lowest BCUT2D eigenvalue weighted by atomic mass is 10.0. The van der Waals surface area contributed by atoms with Gasteiger partial charge in [-0.05, 0) is 36.5 Å². The Kier molecular flexibility index (Phi) is 3.19. The van der Waals surface area contributed by atoms with Crippen LogP contribution in [0, 0.1) is 0 Å². The minimum absolute atomic E-state index is 0.121. The highest BCUT2D eigenvalue weighted by atomic mass is 32.2. The number of carboxylic acids is 1. The Morgan fingerprint density at radius 3 is 2.82 bits per heavy atom. The Labute approximate surface area is 100 Å². The second-order valence-corrected chi connectivity index (χ2v) is 6.29. The molecule has 92 valence electrons. The molecule has 1 N–H and O–H groups in total. The van der Waals surface area contributed by atoms with Crippen LogP contribution in [0.4, 0.5) is 0 Å². The summed E-state index contributed by atoms with van der Waals surface area (Å²) in [6, 6.07) is 5.26. The third-order valence-electron chi connectivity index (χ3n) is 3.02. The first-order chi connectivity index (χ1) is 8.00. The fourth-order valence-corrected chi connectivity index (χ4v) is 3.78.